The van der Waals surface area contributed by atoms with Crippen LogP contribution in [-0.4, -0.2) is 52.9 Å². The lowest BCUT2D eigenvalue weighted by atomic mass is 9.99. The molecule has 7 heteroatoms. The summed E-state index contributed by atoms with van der Waals surface area (Å²) in [5, 5.41) is 0.812. The Morgan fingerprint density at radius 3 is 2.73 bits per heavy atom. The van der Waals surface area contributed by atoms with Crippen molar-refractivity contribution in [2.45, 2.75) is 51.7 Å². The van der Waals surface area contributed by atoms with Crippen molar-refractivity contribution >= 4 is 23.3 Å². The molecule has 0 N–H and O–H groups in total. The van der Waals surface area contributed by atoms with Crippen molar-refractivity contribution in [1.29, 1.82) is 0 Å². The summed E-state index contributed by atoms with van der Waals surface area (Å²) >= 11 is 6.44. The van der Waals surface area contributed by atoms with Gasteiger partial charge in [0, 0.05) is 51.1 Å². The number of benzene rings is 1. The Kier molecular flexibility index (Phi) is 6.25. The smallest absolute Gasteiger partial charge is 0.219 e. The highest BCUT2D eigenvalue weighted by Crippen LogP contribution is 2.34. The Morgan fingerprint density at radius 2 is 2.00 bits per heavy atom. The Labute approximate surface area is 183 Å². The van der Waals surface area contributed by atoms with Gasteiger partial charge in [-0.2, -0.15) is 0 Å². The fraction of sp³-hybridized carbons (Fsp3) is 0.522. The predicted molar refractivity (Wildman–Crippen MR) is 120 cm³/mol. The molecule has 4 rings (SSSR count). The highest BCUT2D eigenvalue weighted by Gasteiger charge is 2.31. The first kappa shape index (κ1) is 21.1. The van der Waals surface area contributed by atoms with Crippen LogP contribution < -0.4 is 4.90 Å². The van der Waals surface area contributed by atoms with Crippen LogP contribution >= 0.6 is 11.6 Å². The minimum absolute atomic E-state index is 0.104. The van der Waals surface area contributed by atoms with Crippen molar-refractivity contribution in [3.63, 3.8) is 0 Å². The van der Waals surface area contributed by atoms with E-state index < -0.39 is 0 Å². The standard InChI is InChI=1S/C23H30ClN5O/c1-16(30)28-13-11-20-18(15-28)23(27(2)3)26-22(25-20)21-10-6-7-12-29(21)14-17-8-4-5-9-19(17)24/h4-5,8-9,21H,6-7,10-15H2,1-3H3/t21-/m0/s1. The van der Waals surface area contributed by atoms with Gasteiger partial charge in [-0.25, -0.2) is 9.97 Å². The minimum Gasteiger partial charge on any atom is -0.362 e. The number of aromatic nitrogens is 2. The number of rotatable bonds is 4. The lowest BCUT2D eigenvalue weighted by molar-refractivity contribution is -0.129. The zero-order valence-electron chi connectivity index (χ0n) is 18.1. The van der Waals surface area contributed by atoms with E-state index in [4.69, 9.17) is 21.6 Å². The maximum absolute atomic E-state index is 11.9. The molecule has 1 fully saturated rings. The van der Waals surface area contributed by atoms with Gasteiger partial charge < -0.3 is 9.80 Å². The maximum atomic E-state index is 11.9. The van der Waals surface area contributed by atoms with Crippen LogP contribution in [0.15, 0.2) is 24.3 Å². The first-order chi connectivity index (χ1) is 14.4. The summed E-state index contributed by atoms with van der Waals surface area (Å²) in [6.07, 6.45) is 4.19. The molecule has 3 heterocycles. The van der Waals surface area contributed by atoms with Gasteiger partial charge in [0.25, 0.3) is 0 Å². The molecule has 1 saturated heterocycles. The normalized spacial score (nSPS) is 19.5. The number of amides is 1. The second-order valence-corrected chi connectivity index (χ2v) is 8.90. The van der Waals surface area contributed by atoms with Crippen LogP contribution in [-0.2, 0) is 24.3 Å². The van der Waals surface area contributed by atoms with Gasteiger partial charge >= 0.3 is 0 Å². The van der Waals surface area contributed by atoms with E-state index in [1.165, 1.54) is 12.8 Å². The Hall–Kier alpha value is -2.18. The zero-order valence-corrected chi connectivity index (χ0v) is 18.8. The monoisotopic (exact) mass is 427 g/mol. The first-order valence-electron chi connectivity index (χ1n) is 10.7. The topological polar surface area (TPSA) is 52.6 Å². The Balaban J connectivity index is 1.67. The molecule has 1 amide bonds. The van der Waals surface area contributed by atoms with E-state index in [2.05, 4.69) is 15.9 Å². The van der Waals surface area contributed by atoms with Crippen molar-refractivity contribution in [1.82, 2.24) is 19.8 Å². The van der Waals surface area contributed by atoms with E-state index >= 15 is 0 Å². The third-order valence-electron chi connectivity index (χ3n) is 6.17. The van der Waals surface area contributed by atoms with Crippen LogP contribution in [0.3, 0.4) is 0 Å². The van der Waals surface area contributed by atoms with E-state index in [9.17, 15) is 4.79 Å². The molecular formula is C23H30ClN5O. The molecule has 30 heavy (non-hydrogen) atoms. The van der Waals surface area contributed by atoms with Crippen LogP contribution in [0.5, 0.6) is 0 Å². The number of halogens is 1. The molecular weight excluding hydrogens is 398 g/mol. The average molecular weight is 428 g/mol. The third kappa shape index (κ3) is 4.30. The quantitative estimate of drug-likeness (QED) is 0.742. The Morgan fingerprint density at radius 1 is 1.20 bits per heavy atom. The van der Waals surface area contributed by atoms with E-state index in [1.54, 1.807) is 6.92 Å². The van der Waals surface area contributed by atoms with Gasteiger partial charge in [0.2, 0.25) is 5.91 Å². The lowest BCUT2D eigenvalue weighted by Crippen LogP contribution is -2.38. The van der Waals surface area contributed by atoms with E-state index in [0.717, 1.165) is 66.0 Å². The number of hydrogen-bond donors (Lipinski definition) is 0. The fourth-order valence-electron chi connectivity index (χ4n) is 4.52. The highest BCUT2D eigenvalue weighted by atomic mass is 35.5. The van der Waals surface area contributed by atoms with Gasteiger partial charge in [0.1, 0.15) is 11.6 Å². The van der Waals surface area contributed by atoms with Gasteiger partial charge in [0.05, 0.1) is 18.3 Å². The molecule has 2 aliphatic rings. The molecule has 0 unspecified atom stereocenters. The zero-order chi connectivity index (χ0) is 21.3. The second kappa shape index (κ2) is 8.90. The van der Waals surface area contributed by atoms with Crippen molar-refractivity contribution in [3.8, 4) is 0 Å². The third-order valence-corrected chi connectivity index (χ3v) is 6.54. The second-order valence-electron chi connectivity index (χ2n) is 8.49. The molecule has 2 aliphatic heterocycles. The first-order valence-corrected chi connectivity index (χ1v) is 11.1. The highest BCUT2D eigenvalue weighted by molar-refractivity contribution is 6.31. The Bertz CT molecular complexity index is 932. The number of nitrogens with zero attached hydrogens (tertiary/aromatic N) is 5. The summed E-state index contributed by atoms with van der Waals surface area (Å²) in [5.41, 5.74) is 3.32. The van der Waals surface area contributed by atoms with Crippen molar-refractivity contribution in [3.05, 3.63) is 51.9 Å². The van der Waals surface area contributed by atoms with Gasteiger partial charge in [-0.15, -0.1) is 0 Å². The number of carbonyl (C=O) groups excluding carboxylic acids is 1. The molecule has 2 aromatic rings. The molecule has 0 bridgehead atoms. The minimum atomic E-state index is 0.104. The van der Waals surface area contributed by atoms with E-state index in [0.29, 0.717) is 6.54 Å². The van der Waals surface area contributed by atoms with Crippen LogP contribution in [0, 0.1) is 0 Å². The molecule has 0 radical (unpaired) electrons. The summed E-state index contributed by atoms with van der Waals surface area (Å²) < 4.78 is 0. The summed E-state index contributed by atoms with van der Waals surface area (Å²) in [5.74, 6) is 1.94. The number of piperidine rings is 1. The fourth-order valence-corrected chi connectivity index (χ4v) is 4.72. The number of fused-ring (bicyclic) bond motifs is 1. The van der Waals surface area contributed by atoms with E-state index in [1.807, 2.05) is 37.2 Å². The summed E-state index contributed by atoms with van der Waals surface area (Å²) in [4.78, 5) is 28.4. The van der Waals surface area contributed by atoms with Gasteiger partial charge in [0.15, 0.2) is 0 Å². The summed E-state index contributed by atoms with van der Waals surface area (Å²) in [6.45, 7) is 4.77. The van der Waals surface area contributed by atoms with Gasteiger partial charge in [-0.1, -0.05) is 36.2 Å². The molecule has 160 valence electrons. The number of anilines is 1. The SMILES string of the molecule is CC(=O)N1CCc2nc([C@@H]3CCCCN3Cc3ccccc3Cl)nc(N(C)C)c2C1. The number of carbonyl (C=O) groups is 1. The number of hydrogen-bond acceptors (Lipinski definition) is 5. The maximum Gasteiger partial charge on any atom is 0.219 e. The van der Waals surface area contributed by atoms with Crippen molar-refractivity contribution in [2.75, 3.05) is 32.1 Å². The number of likely N-dealkylation sites (tertiary alicyclic amines) is 1. The van der Waals surface area contributed by atoms with E-state index in [-0.39, 0.29) is 11.9 Å². The van der Waals surface area contributed by atoms with Crippen LogP contribution in [0.2, 0.25) is 5.02 Å². The van der Waals surface area contributed by atoms with Crippen LogP contribution in [0.25, 0.3) is 0 Å². The molecule has 0 saturated carbocycles. The van der Waals surface area contributed by atoms with Gasteiger partial charge in [-0.05, 0) is 31.0 Å². The molecule has 0 spiro atoms. The average Bonchev–Trinajstić information content (AvgIpc) is 2.74. The molecule has 1 aromatic heterocycles. The predicted octanol–water partition coefficient (Wildman–Crippen LogP) is 3.83. The molecule has 1 atom stereocenters. The molecule has 6 nitrogen and oxygen atoms in total. The van der Waals surface area contributed by atoms with Crippen molar-refractivity contribution in [2.24, 2.45) is 0 Å². The van der Waals surface area contributed by atoms with Gasteiger partial charge in [-0.3, -0.25) is 9.69 Å². The summed E-state index contributed by atoms with van der Waals surface area (Å²) in [6, 6.07) is 8.25. The molecule has 1 aromatic carbocycles. The lowest BCUT2D eigenvalue weighted by Gasteiger charge is -2.36. The molecule has 0 aliphatic carbocycles. The van der Waals surface area contributed by atoms with Crippen LogP contribution in [0.4, 0.5) is 5.82 Å². The van der Waals surface area contributed by atoms with Crippen LogP contribution in [0.1, 0.15) is 54.9 Å². The van der Waals surface area contributed by atoms with Crippen molar-refractivity contribution < 1.29 is 4.79 Å². The largest absolute Gasteiger partial charge is 0.362 e. The summed E-state index contributed by atoms with van der Waals surface area (Å²) in [7, 11) is 4.03.